The Labute approximate surface area is 193 Å². The number of carbonyl (C=O) groups is 2. The van der Waals surface area contributed by atoms with E-state index in [-0.39, 0.29) is 24.1 Å². The van der Waals surface area contributed by atoms with Gasteiger partial charge >= 0.3 is 0 Å². The molecule has 0 unspecified atom stereocenters. The molecule has 0 bridgehead atoms. The van der Waals surface area contributed by atoms with E-state index >= 15 is 0 Å². The smallest absolute Gasteiger partial charge is 0.278 e. The van der Waals surface area contributed by atoms with E-state index in [2.05, 4.69) is 5.32 Å². The zero-order valence-corrected chi connectivity index (χ0v) is 19.1. The molecular formula is C27H26N2O4. The molecule has 0 saturated carbocycles. The first kappa shape index (κ1) is 22.1. The van der Waals surface area contributed by atoms with Gasteiger partial charge in [-0.1, -0.05) is 36.4 Å². The van der Waals surface area contributed by atoms with Gasteiger partial charge in [-0.25, -0.2) is 0 Å². The first-order valence-corrected chi connectivity index (χ1v) is 10.6. The van der Waals surface area contributed by atoms with Crippen LogP contribution in [0.2, 0.25) is 0 Å². The van der Waals surface area contributed by atoms with Crippen molar-refractivity contribution in [1.29, 1.82) is 0 Å². The Hall–Kier alpha value is -4.06. The Bertz CT molecular complexity index is 1250. The predicted molar refractivity (Wildman–Crippen MR) is 128 cm³/mol. The van der Waals surface area contributed by atoms with Crippen LogP contribution in [0.3, 0.4) is 0 Å². The van der Waals surface area contributed by atoms with Crippen molar-refractivity contribution >= 4 is 23.1 Å². The van der Waals surface area contributed by atoms with Crippen molar-refractivity contribution in [3.63, 3.8) is 0 Å². The highest BCUT2D eigenvalue weighted by atomic mass is 16.5. The minimum Gasteiger partial charge on any atom is -0.497 e. The largest absolute Gasteiger partial charge is 0.497 e. The van der Waals surface area contributed by atoms with Gasteiger partial charge in [-0.2, -0.15) is 0 Å². The van der Waals surface area contributed by atoms with E-state index < -0.39 is 0 Å². The number of aryl methyl sites for hydroxylation is 2. The Kier molecular flexibility index (Phi) is 6.18. The highest BCUT2D eigenvalue weighted by molar-refractivity contribution is 6.36. The van der Waals surface area contributed by atoms with E-state index in [9.17, 15) is 9.59 Å². The molecule has 0 aromatic heterocycles. The number of nitrogens with one attached hydrogen (secondary N) is 1. The highest BCUT2D eigenvalue weighted by Crippen LogP contribution is 2.33. The van der Waals surface area contributed by atoms with Gasteiger partial charge in [0.1, 0.15) is 17.2 Å². The molecule has 6 heteroatoms. The molecule has 1 aliphatic heterocycles. The summed E-state index contributed by atoms with van der Waals surface area (Å²) in [6.07, 6.45) is 0. The van der Waals surface area contributed by atoms with E-state index in [1.807, 2.05) is 56.3 Å². The van der Waals surface area contributed by atoms with Gasteiger partial charge in [-0.05, 0) is 60.9 Å². The molecule has 0 atom stereocenters. The molecule has 4 rings (SSSR count). The van der Waals surface area contributed by atoms with Crippen molar-refractivity contribution in [3.05, 3.63) is 94.7 Å². The van der Waals surface area contributed by atoms with Crippen LogP contribution < -0.4 is 14.8 Å². The number of methoxy groups -OCH3 is 2. The van der Waals surface area contributed by atoms with Crippen molar-refractivity contribution in [1.82, 2.24) is 4.90 Å². The quantitative estimate of drug-likeness (QED) is 0.537. The molecule has 0 fully saturated rings. The second-order valence-corrected chi connectivity index (χ2v) is 7.91. The SMILES string of the molecule is COc1ccc(C2=C(Nc3ccc(C)c(C)c3)C(=O)N(Cc3ccccc3OC)C2=O)cc1. The molecule has 3 aromatic rings. The zero-order valence-electron chi connectivity index (χ0n) is 19.1. The molecule has 1 aliphatic rings. The monoisotopic (exact) mass is 442 g/mol. The summed E-state index contributed by atoms with van der Waals surface area (Å²) >= 11 is 0. The number of ether oxygens (including phenoxy) is 2. The van der Waals surface area contributed by atoms with Crippen LogP contribution in [0.15, 0.2) is 72.4 Å². The van der Waals surface area contributed by atoms with Crippen LogP contribution in [0.4, 0.5) is 5.69 Å². The number of hydrogen-bond acceptors (Lipinski definition) is 5. The summed E-state index contributed by atoms with van der Waals surface area (Å²) in [7, 11) is 3.15. The molecule has 1 N–H and O–H groups in total. The van der Waals surface area contributed by atoms with Crippen molar-refractivity contribution in [3.8, 4) is 11.5 Å². The summed E-state index contributed by atoms with van der Waals surface area (Å²) in [5.74, 6) is 0.558. The Morgan fingerprint density at radius 3 is 2.21 bits per heavy atom. The van der Waals surface area contributed by atoms with E-state index in [1.165, 1.54) is 4.90 Å². The first-order chi connectivity index (χ1) is 15.9. The van der Waals surface area contributed by atoms with Crippen molar-refractivity contribution in [2.24, 2.45) is 0 Å². The molecule has 0 radical (unpaired) electrons. The van der Waals surface area contributed by atoms with Gasteiger partial charge in [0.2, 0.25) is 0 Å². The fourth-order valence-corrected chi connectivity index (χ4v) is 3.83. The molecule has 6 nitrogen and oxygen atoms in total. The molecule has 1 heterocycles. The normalized spacial score (nSPS) is 13.5. The number of anilines is 1. The molecule has 33 heavy (non-hydrogen) atoms. The topological polar surface area (TPSA) is 67.9 Å². The fraction of sp³-hybridized carbons (Fsp3) is 0.185. The van der Waals surface area contributed by atoms with Gasteiger partial charge < -0.3 is 14.8 Å². The summed E-state index contributed by atoms with van der Waals surface area (Å²) in [6, 6.07) is 20.3. The number of carbonyl (C=O) groups excluding carboxylic acids is 2. The molecule has 0 spiro atoms. The minimum atomic E-state index is -0.380. The van der Waals surface area contributed by atoms with Gasteiger partial charge in [-0.3, -0.25) is 14.5 Å². The summed E-state index contributed by atoms with van der Waals surface area (Å²) in [4.78, 5) is 28.3. The van der Waals surface area contributed by atoms with Gasteiger partial charge in [-0.15, -0.1) is 0 Å². The molecule has 3 aromatic carbocycles. The van der Waals surface area contributed by atoms with Gasteiger partial charge in [0.05, 0.1) is 26.3 Å². The van der Waals surface area contributed by atoms with Gasteiger partial charge in [0, 0.05) is 11.3 Å². The number of amides is 2. The van der Waals surface area contributed by atoms with E-state index in [0.717, 1.165) is 22.4 Å². The van der Waals surface area contributed by atoms with Gasteiger partial charge in [0.15, 0.2) is 0 Å². The highest BCUT2D eigenvalue weighted by Gasteiger charge is 2.39. The third kappa shape index (κ3) is 4.32. The van der Waals surface area contributed by atoms with E-state index in [0.29, 0.717) is 22.6 Å². The van der Waals surface area contributed by atoms with Crippen LogP contribution in [-0.2, 0) is 16.1 Å². The number of para-hydroxylation sites is 1. The van der Waals surface area contributed by atoms with Crippen LogP contribution in [0.25, 0.3) is 5.57 Å². The number of imide groups is 1. The summed E-state index contributed by atoms with van der Waals surface area (Å²) in [5.41, 5.74) is 4.97. The lowest BCUT2D eigenvalue weighted by Gasteiger charge is -2.17. The lowest BCUT2D eigenvalue weighted by Crippen LogP contribution is -2.32. The average molecular weight is 443 g/mol. The third-order valence-electron chi connectivity index (χ3n) is 5.84. The van der Waals surface area contributed by atoms with Crippen molar-refractivity contribution < 1.29 is 19.1 Å². The predicted octanol–water partition coefficient (Wildman–Crippen LogP) is 4.71. The minimum absolute atomic E-state index is 0.111. The number of benzene rings is 3. The molecular weight excluding hydrogens is 416 g/mol. The van der Waals surface area contributed by atoms with Crippen LogP contribution in [0.5, 0.6) is 11.5 Å². The lowest BCUT2D eigenvalue weighted by molar-refractivity contribution is -0.137. The Balaban J connectivity index is 1.75. The standard InChI is InChI=1S/C27H26N2O4/c1-17-9-12-21(15-18(17)2)28-25-24(19-10-13-22(32-3)14-11-19)26(30)29(27(25)31)16-20-7-5-6-8-23(20)33-4/h5-15,28H,16H2,1-4H3. The number of hydrogen-bond donors (Lipinski definition) is 1. The molecule has 0 aliphatic carbocycles. The van der Waals surface area contributed by atoms with Crippen molar-refractivity contribution in [2.45, 2.75) is 20.4 Å². The summed E-state index contributed by atoms with van der Waals surface area (Å²) < 4.78 is 10.7. The maximum atomic E-state index is 13.5. The maximum Gasteiger partial charge on any atom is 0.278 e. The fourth-order valence-electron chi connectivity index (χ4n) is 3.83. The number of nitrogens with zero attached hydrogens (tertiary/aromatic N) is 1. The maximum absolute atomic E-state index is 13.5. The second kappa shape index (κ2) is 9.20. The van der Waals surface area contributed by atoms with Crippen LogP contribution in [0.1, 0.15) is 22.3 Å². The van der Waals surface area contributed by atoms with Gasteiger partial charge in [0.25, 0.3) is 11.8 Å². The van der Waals surface area contributed by atoms with Crippen LogP contribution in [0, 0.1) is 13.8 Å². The van der Waals surface area contributed by atoms with Crippen LogP contribution >= 0.6 is 0 Å². The molecule has 2 amide bonds. The van der Waals surface area contributed by atoms with E-state index in [1.54, 1.807) is 38.5 Å². The molecule has 168 valence electrons. The third-order valence-corrected chi connectivity index (χ3v) is 5.84. The first-order valence-electron chi connectivity index (χ1n) is 10.6. The number of rotatable bonds is 7. The lowest BCUT2D eigenvalue weighted by atomic mass is 10.0. The second-order valence-electron chi connectivity index (χ2n) is 7.91. The summed E-state index contributed by atoms with van der Waals surface area (Å²) in [6.45, 7) is 4.15. The van der Waals surface area contributed by atoms with Crippen molar-refractivity contribution in [2.75, 3.05) is 19.5 Å². The van der Waals surface area contributed by atoms with Crippen LogP contribution in [-0.4, -0.2) is 30.9 Å². The Morgan fingerprint density at radius 2 is 1.55 bits per heavy atom. The Morgan fingerprint density at radius 1 is 0.818 bits per heavy atom. The zero-order chi connectivity index (χ0) is 23.5. The molecule has 0 saturated heterocycles. The van der Waals surface area contributed by atoms with E-state index in [4.69, 9.17) is 9.47 Å². The average Bonchev–Trinajstić information content (AvgIpc) is 3.06. The summed E-state index contributed by atoms with van der Waals surface area (Å²) in [5, 5.41) is 3.22.